The second-order valence-corrected chi connectivity index (χ2v) is 6.02. The Balaban J connectivity index is 1.90. The molecular formula is C19H22N2O3. The van der Waals surface area contributed by atoms with Crippen molar-refractivity contribution in [2.75, 3.05) is 7.11 Å². The Bertz CT molecular complexity index is 822. The molecule has 0 bridgehead atoms. The van der Waals surface area contributed by atoms with Gasteiger partial charge in [0.1, 0.15) is 17.2 Å². The fraction of sp³-hybridized carbons (Fsp3) is 0.316. The van der Waals surface area contributed by atoms with Crippen molar-refractivity contribution in [3.05, 3.63) is 47.9 Å². The van der Waals surface area contributed by atoms with E-state index in [0.717, 1.165) is 33.8 Å². The molecule has 2 heterocycles. The average Bonchev–Trinajstić information content (AvgIpc) is 2.90. The van der Waals surface area contributed by atoms with Gasteiger partial charge in [-0.15, -0.1) is 0 Å². The molecule has 0 spiro atoms. The van der Waals surface area contributed by atoms with Crippen molar-refractivity contribution in [1.82, 2.24) is 9.97 Å². The number of rotatable bonds is 6. The van der Waals surface area contributed by atoms with Crippen LogP contribution < -0.4 is 9.47 Å². The maximum absolute atomic E-state index is 5.95. The first-order chi connectivity index (χ1) is 11.5. The molecule has 0 aliphatic heterocycles. The van der Waals surface area contributed by atoms with Crippen LogP contribution in [0.1, 0.15) is 25.2 Å². The van der Waals surface area contributed by atoms with Crippen LogP contribution in [0.4, 0.5) is 0 Å². The summed E-state index contributed by atoms with van der Waals surface area (Å²) in [7, 11) is 1.65. The van der Waals surface area contributed by atoms with Crippen LogP contribution in [0.25, 0.3) is 10.9 Å². The van der Waals surface area contributed by atoms with E-state index in [2.05, 4.69) is 16.0 Å². The second-order valence-electron chi connectivity index (χ2n) is 6.02. The van der Waals surface area contributed by atoms with Gasteiger partial charge in [-0.05, 0) is 45.0 Å². The number of benzene rings is 1. The van der Waals surface area contributed by atoms with Crippen molar-refractivity contribution in [2.24, 2.45) is 0 Å². The van der Waals surface area contributed by atoms with Crippen molar-refractivity contribution in [1.29, 1.82) is 0 Å². The fourth-order valence-electron chi connectivity index (χ4n) is 2.57. The highest BCUT2D eigenvalue weighted by atomic mass is 16.5. The monoisotopic (exact) mass is 326 g/mol. The van der Waals surface area contributed by atoms with Crippen molar-refractivity contribution >= 4 is 10.9 Å². The van der Waals surface area contributed by atoms with E-state index < -0.39 is 0 Å². The number of nitrogens with one attached hydrogen (secondary N) is 1. The number of aromatic nitrogens is 2. The predicted octanol–water partition coefficient (Wildman–Crippen LogP) is 4.60. The van der Waals surface area contributed by atoms with Gasteiger partial charge < -0.3 is 19.2 Å². The smallest absolute Gasteiger partial charge is 0.147 e. The lowest BCUT2D eigenvalue weighted by Crippen LogP contribution is -2.06. The molecule has 5 nitrogen and oxygen atoms in total. The zero-order valence-corrected chi connectivity index (χ0v) is 14.4. The first-order valence-corrected chi connectivity index (χ1v) is 7.97. The summed E-state index contributed by atoms with van der Waals surface area (Å²) in [6.07, 6.45) is 1.78. The van der Waals surface area contributed by atoms with E-state index in [9.17, 15) is 0 Å². The number of nitrogens with zero attached hydrogens (tertiary/aromatic N) is 1. The van der Waals surface area contributed by atoms with Gasteiger partial charge in [0.05, 0.1) is 30.1 Å². The van der Waals surface area contributed by atoms with E-state index in [0.29, 0.717) is 12.4 Å². The summed E-state index contributed by atoms with van der Waals surface area (Å²) in [6.45, 7) is 6.53. The number of fused-ring (bicyclic) bond motifs is 1. The standard InChI is InChI=1S/C19H22N2O3/c1-12(2)23-18-9-17(8-14-7-13(3)21-19(14)18)24-16-6-5-15(11-22-4)20-10-16/h5-10,12,21H,11H2,1-4H3. The van der Waals surface area contributed by atoms with E-state index in [-0.39, 0.29) is 6.10 Å². The minimum Gasteiger partial charge on any atom is -0.489 e. The first kappa shape index (κ1) is 16.3. The minimum atomic E-state index is 0.0852. The van der Waals surface area contributed by atoms with E-state index in [1.54, 1.807) is 13.3 Å². The number of aromatic amines is 1. The predicted molar refractivity (Wildman–Crippen MR) is 93.8 cm³/mol. The maximum Gasteiger partial charge on any atom is 0.147 e. The second kappa shape index (κ2) is 6.93. The first-order valence-electron chi connectivity index (χ1n) is 7.97. The molecule has 0 aliphatic rings. The Morgan fingerprint density at radius 1 is 1.12 bits per heavy atom. The molecule has 2 aromatic heterocycles. The molecule has 24 heavy (non-hydrogen) atoms. The van der Waals surface area contributed by atoms with Crippen molar-refractivity contribution in [2.45, 2.75) is 33.5 Å². The van der Waals surface area contributed by atoms with Gasteiger partial charge in [0.15, 0.2) is 0 Å². The van der Waals surface area contributed by atoms with Crippen LogP contribution in [-0.4, -0.2) is 23.2 Å². The van der Waals surface area contributed by atoms with E-state index in [1.807, 2.05) is 45.0 Å². The Morgan fingerprint density at radius 2 is 1.96 bits per heavy atom. The molecule has 5 heteroatoms. The summed E-state index contributed by atoms with van der Waals surface area (Å²) in [5.74, 6) is 2.19. The van der Waals surface area contributed by atoms with Crippen LogP contribution in [0.5, 0.6) is 17.2 Å². The van der Waals surface area contributed by atoms with E-state index in [1.165, 1.54) is 0 Å². The number of hydrogen-bond acceptors (Lipinski definition) is 4. The quantitative estimate of drug-likeness (QED) is 0.719. The molecule has 0 radical (unpaired) electrons. The minimum absolute atomic E-state index is 0.0852. The largest absolute Gasteiger partial charge is 0.489 e. The molecule has 0 fully saturated rings. The molecule has 0 saturated heterocycles. The number of H-pyrrole nitrogens is 1. The topological polar surface area (TPSA) is 56.4 Å². The van der Waals surface area contributed by atoms with Crippen molar-refractivity contribution in [3.63, 3.8) is 0 Å². The number of methoxy groups -OCH3 is 1. The Morgan fingerprint density at radius 3 is 2.62 bits per heavy atom. The van der Waals surface area contributed by atoms with Crippen LogP contribution in [-0.2, 0) is 11.3 Å². The van der Waals surface area contributed by atoms with Crippen LogP contribution in [0.15, 0.2) is 36.5 Å². The normalized spacial score (nSPS) is 11.2. The third kappa shape index (κ3) is 3.68. The summed E-state index contributed by atoms with van der Waals surface area (Å²) >= 11 is 0. The van der Waals surface area contributed by atoms with Gasteiger partial charge in [-0.1, -0.05) is 0 Å². The van der Waals surface area contributed by atoms with Crippen LogP contribution >= 0.6 is 0 Å². The molecule has 1 aromatic carbocycles. The Labute approximate surface area is 141 Å². The zero-order valence-electron chi connectivity index (χ0n) is 14.4. The van der Waals surface area contributed by atoms with Gasteiger partial charge in [-0.25, -0.2) is 0 Å². The molecule has 0 aliphatic carbocycles. The lowest BCUT2D eigenvalue weighted by molar-refractivity contribution is 0.181. The van der Waals surface area contributed by atoms with Gasteiger partial charge >= 0.3 is 0 Å². The molecule has 0 amide bonds. The molecule has 0 unspecified atom stereocenters. The highest BCUT2D eigenvalue weighted by Gasteiger charge is 2.11. The van der Waals surface area contributed by atoms with Gasteiger partial charge in [-0.2, -0.15) is 0 Å². The van der Waals surface area contributed by atoms with Gasteiger partial charge in [0.25, 0.3) is 0 Å². The lowest BCUT2D eigenvalue weighted by Gasteiger charge is -2.13. The molecule has 126 valence electrons. The van der Waals surface area contributed by atoms with Crippen LogP contribution in [0, 0.1) is 6.92 Å². The SMILES string of the molecule is COCc1ccc(Oc2cc(OC(C)C)c3[nH]c(C)cc3c2)cn1. The summed E-state index contributed by atoms with van der Waals surface area (Å²) in [5.41, 5.74) is 2.94. The summed E-state index contributed by atoms with van der Waals surface area (Å²) in [4.78, 5) is 7.65. The van der Waals surface area contributed by atoms with Crippen LogP contribution in [0.2, 0.25) is 0 Å². The third-order valence-electron chi connectivity index (χ3n) is 3.49. The summed E-state index contributed by atoms with van der Waals surface area (Å²) in [5, 5.41) is 1.06. The van der Waals surface area contributed by atoms with Gasteiger partial charge in [0, 0.05) is 24.3 Å². The van der Waals surface area contributed by atoms with Crippen molar-refractivity contribution in [3.8, 4) is 17.2 Å². The van der Waals surface area contributed by atoms with Crippen LogP contribution in [0.3, 0.4) is 0 Å². The molecule has 3 rings (SSSR count). The summed E-state index contributed by atoms with van der Waals surface area (Å²) in [6, 6.07) is 9.76. The molecular weight excluding hydrogens is 304 g/mol. The van der Waals surface area contributed by atoms with E-state index in [4.69, 9.17) is 14.2 Å². The fourth-order valence-corrected chi connectivity index (χ4v) is 2.57. The maximum atomic E-state index is 5.95. The highest BCUT2D eigenvalue weighted by Crippen LogP contribution is 2.34. The zero-order chi connectivity index (χ0) is 17.1. The van der Waals surface area contributed by atoms with Gasteiger partial charge in [-0.3, -0.25) is 4.98 Å². The molecule has 3 aromatic rings. The third-order valence-corrected chi connectivity index (χ3v) is 3.49. The number of aryl methyl sites for hydroxylation is 1. The lowest BCUT2D eigenvalue weighted by atomic mass is 10.2. The van der Waals surface area contributed by atoms with Crippen molar-refractivity contribution < 1.29 is 14.2 Å². The Hall–Kier alpha value is -2.53. The average molecular weight is 326 g/mol. The highest BCUT2D eigenvalue weighted by molar-refractivity contribution is 5.87. The Kier molecular flexibility index (Phi) is 4.71. The summed E-state index contributed by atoms with van der Waals surface area (Å²) < 4.78 is 16.9. The number of hydrogen-bond donors (Lipinski definition) is 1. The molecule has 1 N–H and O–H groups in total. The molecule has 0 saturated carbocycles. The molecule has 0 atom stereocenters. The van der Waals surface area contributed by atoms with Gasteiger partial charge in [0.2, 0.25) is 0 Å². The number of ether oxygens (including phenoxy) is 3. The van der Waals surface area contributed by atoms with E-state index >= 15 is 0 Å². The number of pyridine rings is 1.